The van der Waals surface area contributed by atoms with E-state index >= 15 is 0 Å². The first-order valence-electron chi connectivity index (χ1n) is 7.83. The minimum Gasteiger partial charge on any atom is -0.350 e. The molecule has 2 N–H and O–H groups in total. The van der Waals surface area contributed by atoms with E-state index in [1.807, 2.05) is 11.9 Å². The first-order valence-corrected chi connectivity index (χ1v) is 7.83. The average Bonchev–Trinajstić information content (AvgIpc) is 3.05. The average molecular weight is 345 g/mol. The van der Waals surface area contributed by atoms with E-state index in [2.05, 4.69) is 10.6 Å². The fourth-order valence-corrected chi connectivity index (χ4v) is 3.47. The summed E-state index contributed by atoms with van der Waals surface area (Å²) in [6.45, 7) is 0.144. The van der Waals surface area contributed by atoms with Crippen molar-refractivity contribution < 1.29 is 22.4 Å². The van der Waals surface area contributed by atoms with E-state index in [1.165, 1.54) is 6.07 Å². The number of carbonyl (C=O) groups is 1. The third-order valence-corrected chi connectivity index (χ3v) is 4.69. The van der Waals surface area contributed by atoms with Crippen LogP contribution in [0.25, 0.3) is 0 Å². The monoisotopic (exact) mass is 345 g/mol. The van der Waals surface area contributed by atoms with Crippen LogP contribution in [0.2, 0.25) is 0 Å². The lowest BCUT2D eigenvalue weighted by atomic mass is 9.99. The Morgan fingerprint density at radius 2 is 2.08 bits per heavy atom. The molecule has 0 bridgehead atoms. The number of carbonyl (C=O) groups excluding carboxylic acids is 1. The largest absolute Gasteiger partial charge is 0.350 e. The van der Waals surface area contributed by atoms with Crippen molar-refractivity contribution in [1.82, 2.24) is 15.5 Å². The third-order valence-electron chi connectivity index (χ3n) is 4.69. The van der Waals surface area contributed by atoms with Crippen molar-refractivity contribution in [1.29, 1.82) is 0 Å². The Labute approximate surface area is 137 Å². The second-order valence-electron chi connectivity index (χ2n) is 6.50. The van der Waals surface area contributed by atoms with Gasteiger partial charge in [0, 0.05) is 19.0 Å². The highest BCUT2D eigenvalue weighted by molar-refractivity contribution is 5.82. The fourth-order valence-electron chi connectivity index (χ4n) is 3.47. The number of amides is 1. The molecule has 1 aromatic rings. The zero-order valence-corrected chi connectivity index (χ0v) is 13.2. The zero-order valence-electron chi connectivity index (χ0n) is 13.2. The molecule has 2 aliphatic rings. The maximum Gasteiger partial charge on any atom is 0.262 e. The minimum absolute atomic E-state index is 0.328. The van der Waals surface area contributed by atoms with Crippen LogP contribution < -0.4 is 10.6 Å². The molecule has 24 heavy (non-hydrogen) atoms. The molecule has 2 saturated heterocycles. The van der Waals surface area contributed by atoms with Crippen molar-refractivity contribution in [2.45, 2.75) is 36.9 Å². The van der Waals surface area contributed by atoms with Crippen molar-refractivity contribution in [2.24, 2.45) is 0 Å². The first-order chi connectivity index (χ1) is 11.3. The van der Waals surface area contributed by atoms with Crippen LogP contribution in [0.5, 0.6) is 0 Å². The van der Waals surface area contributed by atoms with Gasteiger partial charge in [-0.1, -0.05) is 6.07 Å². The van der Waals surface area contributed by atoms with Gasteiger partial charge in [-0.05, 0) is 31.2 Å². The highest BCUT2D eigenvalue weighted by Gasteiger charge is 2.43. The molecule has 2 heterocycles. The summed E-state index contributed by atoms with van der Waals surface area (Å²) < 4.78 is 53.1. The van der Waals surface area contributed by atoms with E-state index in [0.29, 0.717) is 18.5 Å². The van der Waals surface area contributed by atoms with Crippen molar-refractivity contribution in [2.75, 3.05) is 20.1 Å². The molecule has 0 saturated carbocycles. The molecule has 8 heteroatoms. The molecule has 3 rings (SSSR count). The Morgan fingerprint density at radius 1 is 1.33 bits per heavy atom. The van der Waals surface area contributed by atoms with E-state index in [-0.39, 0.29) is 12.1 Å². The molecule has 0 aromatic heterocycles. The Bertz CT molecular complexity index is 640. The van der Waals surface area contributed by atoms with Gasteiger partial charge in [0.25, 0.3) is 5.92 Å². The maximum absolute atomic E-state index is 13.5. The predicted molar refractivity (Wildman–Crippen MR) is 79.6 cm³/mol. The molecule has 2 fully saturated rings. The topological polar surface area (TPSA) is 44.4 Å². The molecule has 1 aromatic carbocycles. The van der Waals surface area contributed by atoms with Crippen LogP contribution in [0, 0.1) is 11.6 Å². The Kier molecular flexibility index (Phi) is 4.52. The summed E-state index contributed by atoms with van der Waals surface area (Å²) in [4.78, 5) is 14.2. The Balaban J connectivity index is 1.72. The molecule has 3 atom stereocenters. The van der Waals surface area contributed by atoms with Gasteiger partial charge in [0.1, 0.15) is 0 Å². The SMILES string of the molecule is CN1CCC(NC(=O)C2CC(F)(F)CN2)C1c1ccc(F)c(F)c1. The lowest BCUT2D eigenvalue weighted by Gasteiger charge is -2.27. The molecule has 3 unspecified atom stereocenters. The van der Waals surface area contributed by atoms with Gasteiger partial charge < -0.3 is 5.32 Å². The fraction of sp³-hybridized carbons (Fsp3) is 0.562. The number of nitrogens with one attached hydrogen (secondary N) is 2. The van der Waals surface area contributed by atoms with E-state index in [0.717, 1.165) is 12.1 Å². The maximum atomic E-state index is 13.5. The second kappa shape index (κ2) is 6.33. The molecular weight excluding hydrogens is 326 g/mol. The van der Waals surface area contributed by atoms with E-state index in [9.17, 15) is 22.4 Å². The lowest BCUT2D eigenvalue weighted by molar-refractivity contribution is -0.124. The molecule has 1 amide bonds. The van der Waals surface area contributed by atoms with E-state index in [1.54, 1.807) is 0 Å². The van der Waals surface area contributed by atoms with Gasteiger partial charge in [-0.15, -0.1) is 0 Å². The summed E-state index contributed by atoms with van der Waals surface area (Å²) in [5, 5.41) is 5.30. The van der Waals surface area contributed by atoms with Gasteiger partial charge in [-0.3, -0.25) is 15.0 Å². The summed E-state index contributed by atoms with van der Waals surface area (Å²) in [5.74, 6) is -5.25. The van der Waals surface area contributed by atoms with E-state index in [4.69, 9.17) is 0 Å². The van der Waals surface area contributed by atoms with Crippen LogP contribution in [0.1, 0.15) is 24.4 Å². The molecule has 0 aliphatic carbocycles. The molecule has 2 aliphatic heterocycles. The first kappa shape index (κ1) is 17.2. The highest BCUT2D eigenvalue weighted by Crippen LogP contribution is 2.32. The van der Waals surface area contributed by atoms with Gasteiger partial charge in [-0.2, -0.15) is 0 Å². The number of alkyl halides is 2. The van der Waals surface area contributed by atoms with Crippen LogP contribution in [0.4, 0.5) is 17.6 Å². The third kappa shape index (κ3) is 3.39. The lowest BCUT2D eigenvalue weighted by Crippen LogP contribution is -2.47. The summed E-state index contributed by atoms with van der Waals surface area (Å²) in [6.07, 6.45) is 0.0756. The molecule has 0 radical (unpaired) electrons. The number of nitrogens with zero attached hydrogens (tertiary/aromatic N) is 1. The van der Waals surface area contributed by atoms with Crippen molar-refractivity contribution in [3.8, 4) is 0 Å². The summed E-state index contributed by atoms with van der Waals surface area (Å²) >= 11 is 0. The summed E-state index contributed by atoms with van der Waals surface area (Å²) in [6, 6.07) is 2.04. The van der Waals surface area contributed by atoms with Crippen molar-refractivity contribution >= 4 is 5.91 Å². The number of likely N-dealkylation sites (N-methyl/N-ethyl adjacent to an activating group) is 1. The molecule has 0 spiro atoms. The Hall–Kier alpha value is -1.67. The standard InChI is InChI=1S/C16H19F4N3O/c1-23-5-4-12(14(23)9-2-3-10(17)11(18)6-9)22-15(24)13-7-16(19,20)8-21-13/h2-3,6,12-14,21H,4-5,7-8H2,1H3,(H,22,24). The van der Waals surface area contributed by atoms with Gasteiger partial charge in [0.05, 0.1) is 18.6 Å². The summed E-state index contributed by atoms with van der Waals surface area (Å²) in [5.41, 5.74) is 0.545. The number of halogens is 4. The number of benzene rings is 1. The van der Waals surface area contributed by atoms with Crippen LogP contribution in [0.15, 0.2) is 18.2 Å². The molecule has 132 valence electrons. The van der Waals surface area contributed by atoms with Crippen LogP contribution >= 0.6 is 0 Å². The zero-order chi connectivity index (χ0) is 17.5. The summed E-state index contributed by atoms with van der Waals surface area (Å²) in [7, 11) is 1.82. The normalized spacial score (nSPS) is 29.8. The predicted octanol–water partition coefficient (Wildman–Crippen LogP) is 1.82. The molecular formula is C16H19F4N3O. The number of likely N-dealkylation sites (tertiary alicyclic amines) is 1. The van der Waals surface area contributed by atoms with Crippen LogP contribution in [-0.2, 0) is 4.79 Å². The van der Waals surface area contributed by atoms with Gasteiger partial charge in [0.2, 0.25) is 5.91 Å². The number of rotatable bonds is 3. The van der Waals surface area contributed by atoms with Crippen LogP contribution in [0.3, 0.4) is 0 Å². The van der Waals surface area contributed by atoms with Crippen molar-refractivity contribution in [3.05, 3.63) is 35.4 Å². The number of hydrogen-bond donors (Lipinski definition) is 2. The minimum atomic E-state index is -2.88. The molecule has 4 nitrogen and oxygen atoms in total. The van der Waals surface area contributed by atoms with Gasteiger partial charge >= 0.3 is 0 Å². The Morgan fingerprint density at radius 3 is 2.71 bits per heavy atom. The quantitative estimate of drug-likeness (QED) is 0.822. The smallest absolute Gasteiger partial charge is 0.262 e. The second-order valence-corrected chi connectivity index (χ2v) is 6.50. The number of hydrogen-bond acceptors (Lipinski definition) is 3. The van der Waals surface area contributed by atoms with Gasteiger partial charge in [0.15, 0.2) is 11.6 Å². The van der Waals surface area contributed by atoms with E-state index < -0.39 is 42.5 Å². The van der Waals surface area contributed by atoms with Gasteiger partial charge in [-0.25, -0.2) is 17.6 Å². The highest BCUT2D eigenvalue weighted by atomic mass is 19.3. The van der Waals surface area contributed by atoms with Crippen LogP contribution in [-0.4, -0.2) is 49.0 Å². The van der Waals surface area contributed by atoms with Crippen molar-refractivity contribution in [3.63, 3.8) is 0 Å².